The van der Waals surface area contributed by atoms with Crippen LogP contribution in [-0.4, -0.2) is 48.1 Å². The third kappa shape index (κ3) is 1.95. The molecule has 4 nitrogen and oxygen atoms in total. The summed E-state index contributed by atoms with van der Waals surface area (Å²) >= 11 is 0. The molecular formula is C11H21N3O. The number of amides is 2. The molecule has 15 heavy (non-hydrogen) atoms. The summed E-state index contributed by atoms with van der Waals surface area (Å²) in [6, 6.07) is 0.354. The summed E-state index contributed by atoms with van der Waals surface area (Å²) in [5, 5.41) is 0. The number of urea groups is 1. The van der Waals surface area contributed by atoms with Crippen molar-refractivity contribution in [3.05, 3.63) is 0 Å². The van der Waals surface area contributed by atoms with Crippen molar-refractivity contribution in [2.75, 3.05) is 26.2 Å². The molecule has 2 N–H and O–H groups in total. The van der Waals surface area contributed by atoms with Gasteiger partial charge in [-0.25, -0.2) is 4.79 Å². The largest absolute Gasteiger partial charge is 0.351 e. The smallest absolute Gasteiger partial charge is 0.314 e. The monoisotopic (exact) mass is 211 g/mol. The van der Waals surface area contributed by atoms with E-state index in [1.807, 2.05) is 0 Å². The number of rotatable bonds is 1. The summed E-state index contributed by atoms with van der Waals surface area (Å²) in [6.07, 6.45) is 2.50. The molecule has 2 fully saturated rings. The number of piperidine rings is 1. The van der Waals surface area contributed by atoms with Gasteiger partial charge in [-0.05, 0) is 33.2 Å². The van der Waals surface area contributed by atoms with E-state index in [4.69, 9.17) is 5.73 Å². The fourth-order valence-electron chi connectivity index (χ4n) is 2.86. The Morgan fingerprint density at radius 3 is 2.53 bits per heavy atom. The molecule has 0 aliphatic carbocycles. The van der Waals surface area contributed by atoms with Crippen molar-refractivity contribution in [3.63, 3.8) is 0 Å². The summed E-state index contributed by atoms with van der Waals surface area (Å²) in [7, 11) is 0. The molecule has 2 aliphatic rings. The molecule has 0 aromatic rings. The van der Waals surface area contributed by atoms with Crippen molar-refractivity contribution in [3.8, 4) is 0 Å². The van der Waals surface area contributed by atoms with Gasteiger partial charge in [0.2, 0.25) is 0 Å². The van der Waals surface area contributed by atoms with E-state index in [0.29, 0.717) is 11.5 Å². The van der Waals surface area contributed by atoms with E-state index < -0.39 is 0 Å². The van der Waals surface area contributed by atoms with Gasteiger partial charge in [0, 0.05) is 31.1 Å². The van der Waals surface area contributed by atoms with Crippen LogP contribution in [-0.2, 0) is 0 Å². The quantitative estimate of drug-likeness (QED) is 0.699. The summed E-state index contributed by atoms with van der Waals surface area (Å²) in [5.41, 5.74) is 5.61. The van der Waals surface area contributed by atoms with Crippen LogP contribution >= 0.6 is 0 Å². The van der Waals surface area contributed by atoms with Crippen molar-refractivity contribution in [1.82, 2.24) is 9.80 Å². The molecule has 2 heterocycles. The summed E-state index contributed by atoms with van der Waals surface area (Å²) in [5.74, 6) is 0. The standard InChI is InChI=1S/C11H21N3O/c1-9(2)13-5-3-4-11(6-13)7-14(8-11)10(12)15/h9H,3-8H2,1-2H3,(H2,12,15). The van der Waals surface area contributed by atoms with E-state index in [-0.39, 0.29) is 6.03 Å². The Kier molecular flexibility index (Phi) is 2.63. The van der Waals surface area contributed by atoms with Gasteiger partial charge in [-0.3, -0.25) is 0 Å². The maximum atomic E-state index is 11.0. The maximum Gasteiger partial charge on any atom is 0.314 e. The van der Waals surface area contributed by atoms with Crippen molar-refractivity contribution >= 4 is 6.03 Å². The maximum absolute atomic E-state index is 11.0. The van der Waals surface area contributed by atoms with Crippen molar-refractivity contribution in [1.29, 1.82) is 0 Å². The van der Waals surface area contributed by atoms with Crippen LogP contribution in [0, 0.1) is 5.41 Å². The Bertz CT molecular complexity index is 259. The zero-order valence-corrected chi connectivity index (χ0v) is 9.70. The second-order valence-corrected chi connectivity index (χ2v) is 5.36. The highest BCUT2D eigenvalue weighted by Crippen LogP contribution is 2.39. The molecule has 0 atom stereocenters. The topological polar surface area (TPSA) is 49.6 Å². The first kappa shape index (κ1) is 10.7. The number of carbonyl (C=O) groups is 1. The molecule has 0 aromatic carbocycles. The van der Waals surface area contributed by atoms with Gasteiger partial charge in [0.25, 0.3) is 0 Å². The third-order valence-corrected chi connectivity index (χ3v) is 3.79. The van der Waals surface area contributed by atoms with Gasteiger partial charge in [0.05, 0.1) is 0 Å². The average Bonchev–Trinajstić information content (AvgIpc) is 2.13. The minimum atomic E-state index is -0.262. The molecule has 4 heteroatoms. The van der Waals surface area contributed by atoms with Crippen LogP contribution in [0.2, 0.25) is 0 Å². The fourth-order valence-corrected chi connectivity index (χ4v) is 2.86. The number of likely N-dealkylation sites (tertiary alicyclic amines) is 2. The second kappa shape index (κ2) is 3.67. The average molecular weight is 211 g/mol. The number of hydrogen-bond donors (Lipinski definition) is 1. The number of nitrogens with two attached hydrogens (primary N) is 1. The van der Waals surface area contributed by atoms with Crippen LogP contribution < -0.4 is 5.73 Å². The molecule has 0 saturated carbocycles. The van der Waals surface area contributed by atoms with Gasteiger partial charge in [0.15, 0.2) is 0 Å². The van der Waals surface area contributed by atoms with E-state index >= 15 is 0 Å². The van der Waals surface area contributed by atoms with Crippen LogP contribution in [0.5, 0.6) is 0 Å². The van der Waals surface area contributed by atoms with Crippen LogP contribution in [0.3, 0.4) is 0 Å². The number of primary amides is 1. The zero-order chi connectivity index (χ0) is 11.1. The Morgan fingerprint density at radius 2 is 2.00 bits per heavy atom. The van der Waals surface area contributed by atoms with E-state index in [9.17, 15) is 4.79 Å². The molecule has 0 bridgehead atoms. The Hall–Kier alpha value is -0.770. The SMILES string of the molecule is CC(C)N1CCCC2(CN(C(N)=O)C2)C1. The lowest BCUT2D eigenvalue weighted by Gasteiger charge is -2.54. The number of nitrogens with zero attached hydrogens (tertiary/aromatic N) is 2. The van der Waals surface area contributed by atoms with Gasteiger partial charge < -0.3 is 15.5 Å². The molecule has 0 radical (unpaired) electrons. The lowest BCUT2D eigenvalue weighted by atomic mass is 9.73. The normalized spacial score (nSPS) is 25.7. The Morgan fingerprint density at radius 1 is 1.33 bits per heavy atom. The first-order valence-corrected chi connectivity index (χ1v) is 5.81. The van der Waals surface area contributed by atoms with Gasteiger partial charge in [-0.15, -0.1) is 0 Å². The second-order valence-electron chi connectivity index (χ2n) is 5.36. The third-order valence-electron chi connectivity index (χ3n) is 3.79. The van der Waals surface area contributed by atoms with Crippen molar-refractivity contribution < 1.29 is 4.79 Å². The lowest BCUT2D eigenvalue weighted by Crippen LogP contribution is -2.65. The molecule has 2 aliphatic heterocycles. The zero-order valence-electron chi connectivity index (χ0n) is 9.70. The van der Waals surface area contributed by atoms with E-state index in [2.05, 4.69) is 18.7 Å². The minimum Gasteiger partial charge on any atom is -0.351 e. The molecule has 0 aromatic heterocycles. The van der Waals surface area contributed by atoms with Gasteiger partial charge in [0.1, 0.15) is 0 Å². The summed E-state index contributed by atoms with van der Waals surface area (Å²) < 4.78 is 0. The minimum absolute atomic E-state index is 0.262. The van der Waals surface area contributed by atoms with Gasteiger partial charge in [-0.1, -0.05) is 0 Å². The van der Waals surface area contributed by atoms with Crippen molar-refractivity contribution in [2.45, 2.75) is 32.7 Å². The Balaban J connectivity index is 1.92. The lowest BCUT2D eigenvalue weighted by molar-refractivity contribution is -0.0369. The highest BCUT2D eigenvalue weighted by Gasteiger charge is 2.47. The first-order valence-electron chi connectivity index (χ1n) is 5.81. The predicted octanol–water partition coefficient (Wildman–Crippen LogP) is 0.871. The van der Waals surface area contributed by atoms with E-state index in [1.54, 1.807) is 4.90 Å². The van der Waals surface area contributed by atoms with Gasteiger partial charge in [-0.2, -0.15) is 0 Å². The molecule has 2 rings (SSSR count). The fraction of sp³-hybridized carbons (Fsp3) is 0.909. The van der Waals surface area contributed by atoms with Crippen LogP contribution in [0.25, 0.3) is 0 Å². The number of hydrogen-bond acceptors (Lipinski definition) is 2. The molecule has 86 valence electrons. The van der Waals surface area contributed by atoms with Crippen LogP contribution in [0.1, 0.15) is 26.7 Å². The molecule has 2 amide bonds. The predicted molar refractivity (Wildman–Crippen MR) is 59.5 cm³/mol. The highest BCUT2D eigenvalue weighted by atomic mass is 16.2. The van der Waals surface area contributed by atoms with Gasteiger partial charge >= 0.3 is 6.03 Å². The number of carbonyl (C=O) groups excluding carboxylic acids is 1. The first-order chi connectivity index (χ1) is 7.02. The van der Waals surface area contributed by atoms with E-state index in [1.165, 1.54) is 19.4 Å². The molecule has 2 saturated heterocycles. The van der Waals surface area contributed by atoms with Crippen LogP contribution in [0.4, 0.5) is 4.79 Å². The summed E-state index contributed by atoms with van der Waals surface area (Å²) in [6.45, 7) is 8.55. The Labute approximate surface area is 91.4 Å². The van der Waals surface area contributed by atoms with Crippen molar-refractivity contribution in [2.24, 2.45) is 11.1 Å². The van der Waals surface area contributed by atoms with E-state index in [0.717, 1.165) is 19.6 Å². The molecular weight excluding hydrogens is 190 g/mol. The summed E-state index contributed by atoms with van der Waals surface area (Å²) in [4.78, 5) is 15.2. The van der Waals surface area contributed by atoms with Crippen LogP contribution in [0.15, 0.2) is 0 Å². The molecule has 1 spiro atoms. The molecule has 0 unspecified atom stereocenters. The highest BCUT2D eigenvalue weighted by molar-refractivity contribution is 5.73.